The van der Waals surface area contributed by atoms with Gasteiger partial charge in [-0.05, 0) is 28.1 Å². The molecular formula is C12H7BrClN5S. The Hall–Kier alpha value is -1.57. The molecule has 0 aliphatic rings. The number of pyridine rings is 1. The Labute approximate surface area is 132 Å². The van der Waals surface area contributed by atoms with Crippen LogP contribution in [0, 0.1) is 0 Å². The van der Waals surface area contributed by atoms with Gasteiger partial charge in [-0.15, -0.1) is 11.3 Å². The van der Waals surface area contributed by atoms with Crippen LogP contribution in [0.3, 0.4) is 0 Å². The van der Waals surface area contributed by atoms with Crippen LogP contribution in [0.4, 0.5) is 5.69 Å². The minimum Gasteiger partial charge on any atom is -0.398 e. The molecule has 0 aliphatic heterocycles. The third-order valence-corrected chi connectivity index (χ3v) is 4.30. The zero-order valence-corrected chi connectivity index (χ0v) is 13.1. The number of nitrogen functional groups attached to an aromatic ring is 1. The summed E-state index contributed by atoms with van der Waals surface area (Å²) in [5.41, 5.74) is 7.77. The van der Waals surface area contributed by atoms with Crippen molar-refractivity contribution in [1.29, 1.82) is 0 Å². The van der Waals surface area contributed by atoms with Crippen LogP contribution in [-0.4, -0.2) is 19.9 Å². The Morgan fingerprint density at radius 1 is 1.20 bits per heavy atom. The van der Waals surface area contributed by atoms with Gasteiger partial charge in [-0.2, -0.15) is 0 Å². The molecule has 0 amide bonds. The monoisotopic (exact) mass is 367 g/mol. The minimum absolute atomic E-state index is 0.356. The highest BCUT2D eigenvalue weighted by molar-refractivity contribution is 9.10. The number of thiazole rings is 1. The fourth-order valence-electron chi connectivity index (χ4n) is 1.61. The third-order valence-electron chi connectivity index (χ3n) is 2.47. The summed E-state index contributed by atoms with van der Waals surface area (Å²) in [5, 5.41) is 3.00. The average molecular weight is 369 g/mol. The molecule has 2 N–H and O–H groups in total. The van der Waals surface area contributed by atoms with Crippen LogP contribution in [0.1, 0.15) is 0 Å². The maximum Gasteiger partial charge on any atom is 0.179 e. The van der Waals surface area contributed by atoms with Gasteiger partial charge in [0.2, 0.25) is 0 Å². The van der Waals surface area contributed by atoms with Gasteiger partial charge in [0, 0.05) is 17.8 Å². The molecule has 0 spiro atoms. The predicted molar refractivity (Wildman–Crippen MR) is 83.5 cm³/mol. The lowest BCUT2D eigenvalue weighted by molar-refractivity contribution is 1.14. The summed E-state index contributed by atoms with van der Waals surface area (Å²) in [6, 6.07) is 3.31. The number of hydrogen-bond acceptors (Lipinski definition) is 6. The van der Waals surface area contributed by atoms with Crippen molar-refractivity contribution in [2.24, 2.45) is 0 Å². The first-order valence-electron chi connectivity index (χ1n) is 5.50. The first kappa shape index (κ1) is 13.4. The summed E-state index contributed by atoms with van der Waals surface area (Å²) in [6.45, 7) is 0. The van der Waals surface area contributed by atoms with E-state index in [4.69, 9.17) is 17.3 Å². The van der Waals surface area contributed by atoms with Crippen molar-refractivity contribution in [1.82, 2.24) is 19.9 Å². The van der Waals surface area contributed by atoms with Crippen molar-refractivity contribution >= 4 is 44.6 Å². The number of anilines is 1. The molecule has 0 radical (unpaired) electrons. The van der Waals surface area contributed by atoms with E-state index in [9.17, 15) is 0 Å². The zero-order valence-electron chi connectivity index (χ0n) is 9.92. The summed E-state index contributed by atoms with van der Waals surface area (Å²) in [7, 11) is 0. The van der Waals surface area contributed by atoms with Gasteiger partial charge in [0.05, 0.1) is 10.2 Å². The van der Waals surface area contributed by atoms with Gasteiger partial charge in [0.1, 0.15) is 21.5 Å². The molecule has 0 unspecified atom stereocenters. The van der Waals surface area contributed by atoms with Crippen molar-refractivity contribution in [3.8, 4) is 22.2 Å². The molecule has 0 fully saturated rings. The summed E-state index contributed by atoms with van der Waals surface area (Å²) in [4.78, 5) is 17.1. The molecule has 0 saturated carbocycles. The maximum atomic E-state index is 6.00. The minimum atomic E-state index is 0.356. The second-order valence-corrected chi connectivity index (χ2v) is 5.87. The summed E-state index contributed by atoms with van der Waals surface area (Å²) in [5.74, 6) is 0.425. The first-order chi connectivity index (χ1) is 9.65. The molecule has 20 heavy (non-hydrogen) atoms. The van der Waals surface area contributed by atoms with Crippen LogP contribution in [0.2, 0.25) is 5.15 Å². The highest BCUT2D eigenvalue weighted by Crippen LogP contribution is 2.34. The lowest BCUT2D eigenvalue weighted by atomic mass is 10.2. The van der Waals surface area contributed by atoms with E-state index in [-0.39, 0.29) is 0 Å². The topological polar surface area (TPSA) is 77.6 Å². The molecule has 5 nitrogen and oxygen atoms in total. The number of halogens is 2. The Morgan fingerprint density at radius 3 is 2.75 bits per heavy atom. The van der Waals surface area contributed by atoms with Crippen LogP contribution in [0.5, 0.6) is 0 Å². The molecule has 100 valence electrons. The number of aromatic nitrogens is 4. The lowest BCUT2D eigenvalue weighted by Gasteiger charge is -2.07. The summed E-state index contributed by atoms with van der Waals surface area (Å²) < 4.78 is 0.707. The average Bonchev–Trinajstić information content (AvgIpc) is 2.95. The van der Waals surface area contributed by atoms with Crippen LogP contribution in [-0.2, 0) is 0 Å². The smallest absolute Gasteiger partial charge is 0.179 e. The van der Waals surface area contributed by atoms with Gasteiger partial charge in [-0.1, -0.05) is 11.6 Å². The highest BCUT2D eigenvalue weighted by Gasteiger charge is 2.15. The van der Waals surface area contributed by atoms with Crippen molar-refractivity contribution < 1.29 is 0 Å². The lowest BCUT2D eigenvalue weighted by Crippen LogP contribution is -1.98. The molecule has 3 aromatic heterocycles. The zero-order chi connectivity index (χ0) is 14.1. The SMILES string of the molecule is Nc1cc(-c2nccc(Cl)n2)nc(-c2nccs2)c1Br. The van der Waals surface area contributed by atoms with E-state index in [1.165, 1.54) is 11.3 Å². The molecular weight excluding hydrogens is 362 g/mol. The van der Waals surface area contributed by atoms with Gasteiger partial charge in [0.25, 0.3) is 0 Å². The van der Waals surface area contributed by atoms with Crippen LogP contribution in [0.15, 0.2) is 34.4 Å². The predicted octanol–water partition coefficient (Wildman–Crippen LogP) is 3.66. The first-order valence-corrected chi connectivity index (χ1v) is 7.55. The van der Waals surface area contributed by atoms with Crippen molar-refractivity contribution in [3.63, 3.8) is 0 Å². The van der Waals surface area contributed by atoms with Gasteiger partial charge in [-0.25, -0.2) is 19.9 Å². The quantitative estimate of drug-likeness (QED) is 0.698. The van der Waals surface area contributed by atoms with E-state index in [1.807, 2.05) is 5.38 Å². The van der Waals surface area contributed by atoms with Gasteiger partial charge in [0.15, 0.2) is 5.82 Å². The molecule has 0 bridgehead atoms. The standard InChI is InChI=1S/C12H7BrClN5S/c13-9-6(15)5-7(11-16-2-1-8(14)19-11)18-10(9)12-17-3-4-20-12/h1-5H,(H2,15,18). The van der Waals surface area contributed by atoms with E-state index >= 15 is 0 Å². The molecule has 8 heteroatoms. The van der Waals surface area contributed by atoms with Gasteiger partial charge >= 0.3 is 0 Å². The second-order valence-electron chi connectivity index (χ2n) is 3.80. The Balaban J connectivity index is 2.19. The Morgan fingerprint density at radius 2 is 2.05 bits per heavy atom. The van der Waals surface area contributed by atoms with E-state index < -0.39 is 0 Å². The molecule has 3 rings (SSSR count). The van der Waals surface area contributed by atoms with Gasteiger partial charge < -0.3 is 5.73 Å². The van der Waals surface area contributed by atoms with Crippen LogP contribution in [0.25, 0.3) is 22.2 Å². The third kappa shape index (κ3) is 2.52. The summed E-state index contributed by atoms with van der Waals surface area (Å²) >= 11 is 10.8. The summed E-state index contributed by atoms with van der Waals surface area (Å²) in [6.07, 6.45) is 3.29. The second kappa shape index (κ2) is 5.43. The molecule has 0 aliphatic carbocycles. The molecule has 3 heterocycles. The van der Waals surface area contributed by atoms with Crippen molar-refractivity contribution in [2.45, 2.75) is 0 Å². The fraction of sp³-hybridized carbons (Fsp3) is 0. The highest BCUT2D eigenvalue weighted by atomic mass is 79.9. The Bertz CT molecular complexity index is 763. The molecule has 3 aromatic rings. The normalized spacial score (nSPS) is 10.7. The number of rotatable bonds is 2. The number of nitrogens with zero attached hydrogens (tertiary/aromatic N) is 4. The maximum absolute atomic E-state index is 6.00. The molecule has 0 saturated heterocycles. The van der Waals surface area contributed by atoms with Crippen LogP contribution >= 0.6 is 38.9 Å². The van der Waals surface area contributed by atoms with Gasteiger partial charge in [-0.3, -0.25) is 0 Å². The van der Waals surface area contributed by atoms with E-state index in [1.54, 1.807) is 24.5 Å². The number of hydrogen-bond donors (Lipinski definition) is 1. The van der Waals surface area contributed by atoms with E-state index in [0.717, 1.165) is 5.01 Å². The Kier molecular flexibility index (Phi) is 3.64. The fourth-order valence-corrected chi connectivity index (χ4v) is 2.90. The molecule has 0 aromatic carbocycles. The van der Waals surface area contributed by atoms with Crippen LogP contribution < -0.4 is 5.73 Å². The van der Waals surface area contributed by atoms with Crippen molar-refractivity contribution in [2.75, 3.05) is 5.73 Å². The number of nitrogens with two attached hydrogens (primary N) is 1. The molecule has 0 atom stereocenters. The van der Waals surface area contributed by atoms with E-state index in [2.05, 4.69) is 35.9 Å². The van der Waals surface area contributed by atoms with Crippen molar-refractivity contribution in [3.05, 3.63) is 39.5 Å². The largest absolute Gasteiger partial charge is 0.398 e. The van der Waals surface area contributed by atoms with E-state index in [0.29, 0.717) is 32.5 Å².